The molecule has 1 unspecified atom stereocenters. The van der Waals surface area contributed by atoms with Crippen LogP contribution in [0.1, 0.15) is 51.7 Å². The minimum absolute atomic E-state index is 0.0210. The van der Waals surface area contributed by atoms with Crippen molar-refractivity contribution in [2.24, 2.45) is 0 Å². The fraction of sp³-hybridized carbons (Fsp3) is 0.375. The molecular weight excluding hydrogens is 414 g/mol. The number of amides is 1. The van der Waals surface area contributed by atoms with E-state index in [0.29, 0.717) is 17.1 Å². The number of carbonyl (C=O) groups excluding carboxylic acids is 3. The molecule has 0 aromatic heterocycles. The number of hydrogen-bond donors (Lipinski definition) is 1. The average molecular weight is 444 g/mol. The summed E-state index contributed by atoms with van der Waals surface area (Å²) in [5.74, 6) is -0.240. The lowest BCUT2D eigenvalue weighted by Gasteiger charge is -2.22. The number of carbonyl (C=O) groups is 3. The third-order valence-corrected chi connectivity index (χ3v) is 5.38. The van der Waals surface area contributed by atoms with Gasteiger partial charge >= 0.3 is 12.1 Å². The average Bonchev–Trinajstić information content (AvgIpc) is 2.71. The standard InChI is InChI=1S/C24H29NO5S/c1-16(22(27)31-15-18-11-7-6-8-12-18)19-13-9-10-14-20(19)29-21(26)17(2)25-23(28)30-24(3,4)5/h6-14,16-17H,15H2,1-5H3,(H,25,28)/t16-,17?/m1/s1. The zero-order chi connectivity index (χ0) is 23.0. The Morgan fingerprint density at radius 1 is 0.968 bits per heavy atom. The quantitative estimate of drug-likeness (QED) is 0.475. The van der Waals surface area contributed by atoms with E-state index in [1.165, 1.54) is 18.7 Å². The Kier molecular flexibility index (Phi) is 8.68. The molecule has 1 N–H and O–H groups in total. The number of thioether (sulfide) groups is 1. The molecule has 0 aliphatic rings. The van der Waals surface area contributed by atoms with Crippen LogP contribution >= 0.6 is 11.8 Å². The van der Waals surface area contributed by atoms with Crippen LogP contribution in [0.25, 0.3) is 0 Å². The van der Waals surface area contributed by atoms with Crippen LogP contribution in [0, 0.1) is 0 Å². The molecule has 2 rings (SSSR count). The van der Waals surface area contributed by atoms with E-state index in [9.17, 15) is 14.4 Å². The van der Waals surface area contributed by atoms with E-state index >= 15 is 0 Å². The van der Waals surface area contributed by atoms with Crippen LogP contribution in [0.4, 0.5) is 4.79 Å². The van der Waals surface area contributed by atoms with E-state index in [4.69, 9.17) is 9.47 Å². The number of nitrogens with one attached hydrogen (secondary N) is 1. The zero-order valence-electron chi connectivity index (χ0n) is 18.5. The molecule has 0 saturated carbocycles. The van der Waals surface area contributed by atoms with Crippen molar-refractivity contribution in [3.8, 4) is 5.75 Å². The highest BCUT2D eigenvalue weighted by Crippen LogP contribution is 2.31. The van der Waals surface area contributed by atoms with Gasteiger partial charge in [-0.3, -0.25) is 4.79 Å². The summed E-state index contributed by atoms with van der Waals surface area (Å²) < 4.78 is 10.7. The second-order valence-corrected chi connectivity index (χ2v) is 9.12. The van der Waals surface area contributed by atoms with Gasteiger partial charge in [0, 0.05) is 11.3 Å². The number of alkyl carbamates (subject to hydrolysis) is 1. The molecule has 1 amide bonds. The van der Waals surface area contributed by atoms with Gasteiger partial charge in [-0.25, -0.2) is 9.59 Å². The first-order valence-corrected chi connectivity index (χ1v) is 11.1. The third-order valence-electron chi connectivity index (χ3n) is 4.26. The van der Waals surface area contributed by atoms with Crippen molar-refractivity contribution in [2.75, 3.05) is 0 Å². The molecule has 2 aromatic rings. The maximum Gasteiger partial charge on any atom is 0.408 e. The van der Waals surface area contributed by atoms with Crippen LogP contribution < -0.4 is 10.1 Å². The summed E-state index contributed by atoms with van der Waals surface area (Å²) in [6.45, 7) is 8.51. The van der Waals surface area contributed by atoms with Crippen molar-refractivity contribution < 1.29 is 23.9 Å². The van der Waals surface area contributed by atoms with Gasteiger partial charge in [0.15, 0.2) is 5.12 Å². The highest BCUT2D eigenvalue weighted by atomic mass is 32.2. The Hall–Kier alpha value is -2.80. The Labute approximate surface area is 187 Å². The Balaban J connectivity index is 2.01. The minimum Gasteiger partial charge on any atom is -0.444 e. The third kappa shape index (κ3) is 8.09. The monoisotopic (exact) mass is 443 g/mol. The number of para-hydroxylation sites is 1. The molecule has 2 atom stereocenters. The van der Waals surface area contributed by atoms with E-state index in [0.717, 1.165) is 5.56 Å². The zero-order valence-corrected chi connectivity index (χ0v) is 19.3. The summed E-state index contributed by atoms with van der Waals surface area (Å²) in [5.41, 5.74) is 1.01. The van der Waals surface area contributed by atoms with Crippen LogP contribution in [0.15, 0.2) is 54.6 Å². The van der Waals surface area contributed by atoms with Gasteiger partial charge in [-0.1, -0.05) is 67.2 Å². The summed E-state index contributed by atoms with van der Waals surface area (Å²) in [6.07, 6.45) is -0.703. The maximum absolute atomic E-state index is 12.7. The van der Waals surface area contributed by atoms with Crippen molar-refractivity contribution in [3.05, 3.63) is 65.7 Å². The number of ether oxygens (including phenoxy) is 2. The first kappa shape index (κ1) is 24.5. The van der Waals surface area contributed by atoms with E-state index in [2.05, 4.69) is 5.32 Å². The summed E-state index contributed by atoms with van der Waals surface area (Å²) in [5, 5.41) is 2.44. The normalized spacial score (nSPS) is 13.1. The van der Waals surface area contributed by atoms with E-state index in [1.54, 1.807) is 52.0 Å². The molecule has 0 fully saturated rings. The van der Waals surface area contributed by atoms with Crippen molar-refractivity contribution in [2.45, 2.75) is 57.9 Å². The molecule has 0 aliphatic heterocycles. The molecule has 7 heteroatoms. The fourth-order valence-corrected chi connectivity index (χ4v) is 3.53. The molecule has 2 aromatic carbocycles. The molecule has 0 heterocycles. The summed E-state index contributed by atoms with van der Waals surface area (Å²) in [4.78, 5) is 37.1. The van der Waals surface area contributed by atoms with Gasteiger partial charge in [0.2, 0.25) is 0 Å². The molecule has 0 radical (unpaired) electrons. The highest BCUT2D eigenvalue weighted by molar-refractivity contribution is 8.13. The van der Waals surface area contributed by atoms with Crippen molar-refractivity contribution in [3.63, 3.8) is 0 Å². The summed E-state index contributed by atoms with van der Waals surface area (Å²) in [7, 11) is 0. The lowest BCUT2D eigenvalue weighted by molar-refractivity contribution is -0.136. The van der Waals surface area contributed by atoms with E-state index in [1.807, 2.05) is 30.3 Å². The lowest BCUT2D eigenvalue weighted by atomic mass is 10.0. The van der Waals surface area contributed by atoms with Crippen LogP contribution in [-0.4, -0.2) is 28.8 Å². The van der Waals surface area contributed by atoms with Crippen LogP contribution in [0.5, 0.6) is 5.75 Å². The fourth-order valence-electron chi connectivity index (χ4n) is 2.65. The summed E-state index contributed by atoms with van der Waals surface area (Å²) in [6, 6.07) is 15.8. The van der Waals surface area contributed by atoms with Gasteiger partial charge in [0.05, 0.1) is 5.92 Å². The maximum atomic E-state index is 12.7. The van der Waals surface area contributed by atoms with E-state index < -0.39 is 29.6 Å². The Morgan fingerprint density at radius 2 is 1.58 bits per heavy atom. The van der Waals surface area contributed by atoms with Gasteiger partial charge in [0.1, 0.15) is 17.4 Å². The minimum atomic E-state index is -0.915. The molecule has 0 bridgehead atoms. The predicted octanol–water partition coefficient (Wildman–Crippen LogP) is 5.07. The molecule has 0 spiro atoms. The van der Waals surface area contributed by atoms with Gasteiger partial charge in [-0.05, 0) is 39.3 Å². The van der Waals surface area contributed by atoms with Crippen molar-refractivity contribution in [1.29, 1.82) is 0 Å². The van der Waals surface area contributed by atoms with Gasteiger partial charge in [0.25, 0.3) is 0 Å². The highest BCUT2D eigenvalue weighted by Gasteiger charge is 2.25. The molecule has 0 aliphatic carbocycles. The van der Waals surface area contributed by atoms with Crippen molar-refractivity contribution >= 4 is 28.9 Å². The summed E-state index contributed by atoms with van der Waals surface area (Å²) >= 11 is 1.23. The molecular formula is C24H29NO5S. The number of rotatable bonds is 7. The largest absolute Gasteiger partial charge is 0.444 e. The number of esters is 1. The number of benzene rings is 2. The van der Waals surface area contributed by atoms with Crippen molar-refractivity contribution in [1.82, 2.24) is 5.32 Å². The second-order valence-electron chi connectivity index (χ2n) is 8.14. The molecule has 166 valence electrons. The second kappa shape index (κ2) is 11.0. The Morgan fingerprint density at radius 3 is 2.23 bits per heavy atom. The smallest absolute Gasteiger partial charge is 0.408 e. The van der Waals surface area contributed by atoms with Crippen LogP contribution in [0.3, 0.4) is 0 Å². The lowest BCUT2D eigenvalue weighted by Crippen LogP contribution is -2.43. The topological polar surface area (TPSA) is 81.7 Å². The number of hydrogen-bond acceptors (Lipinski definition) is 6. The molecule has 6 nitrogen and oxygen atoms in total. The van der Waals surface area contributed by atoms with Gasteiger partial charge in [-0.2, -0.15) is 0 Å². The van der Waals surface area contributed by atoms with Crippen LogP contribution in [-0.2, 0) is 20.1 Å². The first-order valence-electron chi connectivity index (χ1n) is 10.1. The van der Waals surface area contributed by atoms with Crippen LogP contribution in [0.2, 0.25) is 0 Å². The molecule has 31 heavy (non-hydrogen) atoms. The van der Waals surface area contributed by atoms with E-state index in [-0.39, 0.29) is 5.12 Å². The van der Waals surface area contributed by atoms with Gasteiger partial charge < -0.3 is 14.8 Å². The van der Waals surface area contributed by atoms with Gasteiger partial charge in [-0.15, -0.1) is 0 Å². The Bertz CT molecular complexity index is 908. The first-order chi connectivity index (χ1) is 14.6. The SMILES string of the molecule is CC(NC(=O)OC(C)(C)C)C(=O)Oc1ccccc1[C@@H](C)C(=O)SCc1ccccc1. The molecule has 0 saturated heterocycles. The predicted molar refractivity (Wildman–Crippen MR) is 122 cm³/mol.